The predicted molar refractivity (Wildman–Crippen MR) is 99.9 cm³/mol. The van der Waals surface area contributed by atoms with E-state index in [2.05, 4.69) is 10.3 Å². The molecule has 28 heavy (non-hydrogen) atoms. The molecule has 2 heterocycles. The van der Waals surface area contributed by atoms with Crippen LogP contribution in [0.15, 0.2) is 45.7 Å². The van der Waals surface area contributed by atoms with E-state index in [1.807, 2.05) is 0 Å². The first kappa shape index (κ1) is 17.9. The second kappa shape index (κ2) is 7.26. The average Bonchev–Trinajstić information content (AvgIpc) is 3.00. The highest BCUT2D eigenvalue weighted by Gasteiger charge is 2.23. The van der Waals surface area contributed by atoms with Gasteiger partial charge in [0.15, 0.2) is 5.58 Å². The van der Waals surface area contributed by atoms with Crippen molar-refractivity contribution < 1.29 is 14.1 Å². The van der Waals surface area contributed by atoms with Crippen molar-refractivity contribution in [1.82, 2.24) is 14.9 Å². The molecule has 2 aromatic heterocycles. The summed E-state index contributed by atoms with van der Waals surface area (Å²) in [5, 5.41) is 13.9. The monoisotopic (exact) mass is 382 g/mol. The van der Waals surface area contributed by atoms with Crippen LogP contribution in [0.2, 0.25) is 0 Å². The number of amides is 1. The number of carbonyl (C=O) groups is 1. The van der Waals surface area contributed by atoms with Gasteiger partial charge < -0.3 is 9.73 Å². The number of benzene rings is 1. The maximum atomic E-state index is 12.4. The Bertz CT molecular complexity index is 1120. The topological polar surface area (TPSA) is 120 Å². The van der Waals surface area contributed by atoms with Gasteiger partial charge in [0.1, 0.15) is 6.20 Å². The lowest BCUT2D eigenvalue weighted by molar-refractivity contribution is -0.385. The van der Waals surface area contributed by atoms with Gasteiger partial charge in [-0.1, -0.05) is 12.1 Å². The number of aryl methyl sites for hydroxylation is 2. The number of hydrogen-bond donors (Lipinski definition) is 1. The summed E-state index contributed by atoms with van der Waals surface area (Å²) in [5.74, 6) is -0.664. The highest BCUT2D eigenvalue weighted by Crippen LogP contribution is 2.23. The van der Waals surface area contributed by atoms with Crippen LogP contribution < -0.4 is 11.1 Å². The highest BCUT2D eigenvalue weighted by molar-refractivity contribution is 5.77. The second-order valence-electron chi connectivity index (χ2n) is 6.80. The van der Waals surface area contributed by atoms with Crippen LogP contribution >= 0.6 is 0 Å². The smallest absolute Gasteiger partial charge is 0.408 e. The summed E-state index contributed by atoms with van der Waals surface area (Å²) in [5.41, 5.74) is 2.74. The normalized spacial score (nSPS) is 15.9. The largest absolute Gasteiger partial charge is 0.419 e. The number of nitro groups is 1. The summed E-state index contributed by atoms with van der Waals surface area (Å²) in [7, 11) is 0. The lowest BCUT2D eigenvalue weighted by Gasteiger charge is -2.24. The lowest BCUT2D eigenvalue weighted by atomic mass is 9.91. The molecule has 3 aromatic rings. The number of pyridine rings is 1. The molecule has 1 amide bonds. The van der Waals surface area contributed by atoms with Crippen LogP contribution in [0.4, 0.5) is 5.69 Å². The number of rotatable bonds is 5. The molecule has 0 saturated heterocycles. The number of nitrogens with zero attached hydrogens (tertiary/aromatic N) is 3. The molecule has 4 rings (SSSR count). The Morgan fingerprint density at radius 3 is 3.04 bits per heavy atom. The molecule has 144 valence electrons. The Balaban J connectivity index is 1.39. The maximum absolute atomic E-state index is 12.4. The predicted octanol–water partition coefficient (Wildman–Crippen LogP) is 1.96. The Kier molecular flexibility index (Phi) is 4.64. The molecule has 0 radical (unpaired) electrons. The van der Waals surface area contributed by atoms with Crippen LogP contribution in [0.5, 0.6) is 0 Å². The SMILES string of the molecule is O=C(CCn1c(=O)oc2ccccc21)NC1CCc2ncc([N+](=O)[O-])cc2C1. The molecule has 0 fully saturated rings. The Morgan fingerprint density at radius 1 is 1.39 bits per heavy atom. The second-order valence-corrected chi connectivity index (χ2v) is 6.80. The number of oxazole rings is 1. The van der Waals surface area contributed by atoms with Crippen molar-refractivity contribution in [3.05, 3.63) is 68.5 Å². The van der Waals surface area contributed by atoms with Crippen molar-refractivity contribution in [3.8, 4) is 0 Å². The molecule has 0 saturated carbocycles. The molecule has 1 aliphatic carbocycles. The number of carbonyl (C=O) groups excluding carboxylic acids is 1. The van der Waals surface area contributed by atoms with Crippen LogP contribution in [0, 0.1) is 10.1 Å². The van der Waals surface area contributed by atoms with E-state index in [4.69, 9.17) is 4.42 Å². The van der Waals surface area contributed by atoms with Crippen molar-refractivity contribution in [2.45, 2.75) is 38.3 Å². The van der Waals surface area contributed by atoms with E-state index in [1.165, 1.54) is 16.8 Å². The molecule has 9 nitrogen and oxygen atoms in total. The van der Waals surface area contributed by atoms with Gasteiger partial charge in [0, 0.05) is 30.8 Å². The third kappa shape index (κ3) is 3.51. The molecule has 9 heteroatoms. The first-order valence-corrected chi connectivity index (χ1v) is 9.01. The van der Waals surface area contributed by atoms with Crippen LogP contribution in [0.1, 0.15) is 24.1 Å². The van der Waals surface area contributed by atoms with E-state index < -0.39 is 10.7 Å². The first-order valence-electron chi connectivity index (χ1n) is 9.01. The van der Waals surface area contributed by atoms with Crippen molar-refractivity contribution in [2.24, 2.45) is 0 Å². The third-order valence-electron chi connectivity index (χ3n) is 4.95. The summed E-state index contributed by atoms with van der Waals surface area (Å²) in [4.78, 5) is 38.9. The molecular formula is C19H18N4O5. The van der Waals surface area contributed by atoms with Gasteiger partial charge in [-0.2, -0.15) is 0 Å². The Morgan fingerprint density at radius 2 is 2.21 bits per heavy atom. The number of para-hydroxylation sites is 2. The first-order chi connectivity index (χ1) is 13.5. The summed E-state index contributed by atoms with van der Waals surface area (Å²) in [6.07, 6.45) is 3.29. The Labute approximate surface area is 159 Å². The molecule has 1 unspecified atom stereocenters. The van der Waals surface area contributed by atoms with Gasteiger partial charge in [-0.15, -0.1) is 0 Å². The van der Waals surface area contributed by atoms with Gasteiger partial charge in [0.2, 0.25) is 5.91 Å². The molecule has 1 aromatic carbocycles. The van der Waals surface area contributed by atoms with Crippen molar-refractivity contribution in [3.63, 3.8) is 0 Å². The number of aromatic nitrogens is 2. The standard InChI is InChI=1S/C19H18N4O5/c24-18(7-8-22-16-3-1-2-4-17(16)28-19(22)25)21-13-5-6-15-12(9-13)10-14(11-20-15)23(26)27/h1-4,10-11,13H,5-9H2,(H,21,24). The third-order valence-corrected chi connectivity index (χ3v) is 4.95. The minimum atomic E-state index is -0.487. The van der Waals surface area contributed by atoms with Crippen LogP contribution in [-0.4, -0.2) is 26.4 Å². The van der Waals surface area contributed by atoms with E-state index in [0.29, 0.717) is 23.9 Å². The van der Waals surface area contributed by atoms with Gasteiger partial charge in [-0.3, -0.25) is 24.5 Å². The van der Waals surface area contributed by atoms with E-state index in [9.17, 15) is 19.7 Å². The summed E-state index contributed by atoms with van der Waals surface area (Å²) in [6, 6.07) is 8.48. The Hall–Kier alpha value is -3.49. The zero-order chi connectivity index (χ0) is 19.7. The quantitative estimate of drug-likeness (QED) is 0.532. The lowest BCUT2D eigenvalue weighted by Crippen LogP contribution is -2.39. The minimum Gasteiger partial charge on any atom is -0.408 e. The molecular weight excluding hydrogens is 364 g/mol. The fourth-order valence-corrected chi connectivity index (χ4v) is 3.57. The fraction of sp³-hybridized carbons (Fsp3) is 0.316. The molecule has 1 N–H and O–H groups in total. The average molecular weight is 382 g/mol. The van der Waals surface area contributed by atoms with Crippen LogP contribution in [0.25, 0.3) is 11.1 Å². The molecule has 0 spiro atoms. The summed E-state index contributed by atoms with van der Waals surface area (Å²) in [6.45, 7) is 0.220. The van der Waals surface area contributed by atoms with Crippen molar-refractivity contribution in [1.29, 1.82) is 0 Å². The molecule has 1 aliphatic rings. The van der Waals surface area contributed by atoms with Crippen molar-refractivity contribution in [2.75, 3.05) is 0 Å². The van der Waals surface area contributed by atoms with E-state index in [0.717, 1.165) is 17.7 Å². The number of hydrogen-bond acceptors (Lipinski definition) is 6. The van der Waals surface area contributed by atoms with Gasteiger partial charge >= 0.3 is 5.76 Å². The maximum Gasteiger partial charge on any atom is 0.419 e. The summed E-state index contributed by atoms with van der Waals surface area (Å²) >= 11 is 0. The zero-order valence-electron chi connectivity index (χ0n) is 15.0. The number of nitrogens with one attached hydrogen (secondary N) is 1. The van der Waals surface area contributed by atoms with Gasteiger partial charge in [0.25, 0.3) is 5.69 Å². The van der Waals surface area contributed by atoms with E-state index in [1.54, 1.807) is 24.3 Å². The summed E-state index contributed by atoms with van der Waals surface area (Å²) < 4.78 is 6.61. The minimum absolute atomic E-state index is 0.0445. The zero-order valence-corrected chi connectivity index (χ0v) is 15.0. The highest BCUT2D eigenvalue weighted by atomic mass is 16.6. The van der Waals surface area contributed by atoms with Crippen LogP contribution in [0.3, 0.4) is 0 Å². The van der Waals surface area contributed by atoms with Gasteiger partial charge in [-0.25, -0.2) is 4.79 Å². The van der Waals surface area contributed by atoms with Crippen molar-refractivity contribution >= 4 is 22.7 Å². The van der Waals surface area contributed by atoms with Crippen LogP contribution in [-0.2, 0) is 24.2 Å². The van der Waals surface area contributed by atoms with Gasteiger partial charge in [0.05, 0.1) is 10.4 Å². The number of fused-ring (bicyclic) bond motifs is 2. The van der Waals surface area contributed by atoms with E-state index >= 15 is 0 Å². The van der Waals surface area contributed by atoms with E-state index in [-0.39, 0.29) is 30.6 Å². The molecule has 1 atom stereocenters. The molecule has 0 aliphatic heterocycles. The molecule has 0 bridgehead atoms. The van der Waals surface area contributed by atoms with Gasteiger partial charge in [-0.05, 0) is 37.0 Å². The fourth-order valence-electron chi connectivity index (χ4n) is 3.57.